The highest BCUT2D eigenvalue weighted by Crippen LogP contribution is 2.28. The zero-order valence-corrected chi connectivity index (χ0v) is 11.4. The highest BCUT2D eigenvalue weighted by atomic mass is 19.4. The molecule has 0 spiro atoms. The van der Waals surface area contributed by atoms with Crippen LogP contribution in [0.2, 0.25) is 0 Å². The number of nitrogens with zero attached hydrogens (tertiary/aromatic N) is 2. The van der Waals surface area contributed by atoms with Gasteiger partial charge in [0.05, 0.1) is 12.6 Å². The van der Waals surface area contributed by atoms with Crippen LogP contribution < -0.4 is 5.32 Å². The minimum atomic E-state index is -4.56. The van der Waals surface area contributed by atoms with E-state index in [1.807, 2.05) is 0 Å². The van der Waals surface area contributed by atoms with Gasteiger partial charge in [0.25, 0.3) is 0 Å². The molecule has 1 aromatic rings. The molecule has 1 saturated heterocycles. The Morgan fingerprint density at radius 3 is 2.70 bits per heavy atom. The Balaban J connectivity index is 2.03. The lowest BCUT2D eigenvalue weighted by molar-refractivity contribution is -0.144. The second-order valence-corrected chi connectivity index (χ2v) is 5.06. The first kappa shape index (κ1) is 15.0. The van der Waals surface area contributed by atoms with Gasteiger partial charge in [0, 0.05) is 6.20 Å². The minimum absolute atomic E-state index is 0.105. The van der Waals surface area contributed by atoms with E-state index in [-0.39, 0.29) is 18.0 Å². The number of rotatable bonds is 3. The molecular formula is C12H16F3N3O2. The molecule has 20 heavy (non-hydrogen) atoms. The molecule has 2 rings (SSSR count). The number of anilines is 1. The van der Waals surface area contributed by atoms with Crippen LogP contribution in [0.3, 0.4) is 0 Å². The lowest BCUT2D eigenvalue weighted by atomic mass is 10.2. The van der Waals surface area contributed by atoms with Crippen LogP contribution in [0, 0.1) is 0 Å². The van der Waals surface area contributed by atoms with Gasteiger partial charge < -0.3 is 14.8 Å². The number of alkyl halides is 3. The van der Waals surface area contributed by atoms with E-state index in [9.17, 15) is 13.2 Å². The Bertz CT molecular complexity index is 479. The van der Waals surface area contributed by atoms with E-state index in [0.717, 1.165) is 6.20 Å². The molecule has 2 atom stereocenters. The van der Waals surface area contributed by atoms with Crippen molar-refractivity contribution in [3.05, 3.63) is 18.1 Å². The second-order valence-electron chi connectivity index (χ2n) is 5.06. The minimum Gasteiger partial charge on any atom is -0.365 e. The molecule has 8 heteroatoms. The monoisotopic (exact) mass is 291 g/mol. The molecule has 1 aliphatic rings. The van der Waals surface area contributed by atoms with E-state index in [1.165, 1.54) is 6.07 Å². The zero-order chi connectivity index (χ0) is 15.0. The summed E-state index contributed by atoms with van der Waals surface area (Å²) >= 11 is 0. The Kier molecular flexibility index (Phi) is 3.88. The number of nitrogens with one attached hydrogen (secondary N) is 1. The Morgan fingerprint density at radius 2 is 2.15 bits per heavy atom. The van der Waals surface area contributed by atoms with Gasteiger partial charge in [-0.2, -0.15) is 13.2 Å². The summed E-state index contributed by atoms with van der Waals surface area (Å²) < 4.78 is 48.6. The Morgan fingerprint density at radius 1 is 1.45 bits per heavy atom. The van der Waals surface area contributed by atoms with E-state index in [4.69, 9.17) is 9.47 Å². The lowest BCUT2D eigenvalue weighted by Crippen LogP contribution is -2.34. The van der Waals surface area contributed by atoms with Crippen molar-refractivity contribution < 1.29 is 22.6 Å². The number of hydrogen-bond acceptors (Lipinski definition) is 5. The summed E-state index contributed by atoms with van der Waals surface area (Å²) in [4.78, 5) is 6.65. The van der Waals surface area contributed by atoms with Gasteiger partial charge in [-0.25, -0.2) is 9.97 Å². The molecule has 112 valence electrons. The van der Waals surface area contributed by atoms with E-state index >= 15 is 0 Å². The molecule has 0 amide bonds. The van der Waals surface area contributed by atoms with E-state index in [1.54, 1.807) is 20.8 Å². The summed E-state index contributed by atoms with van der Waals surface area (Å²) in [5, 5.41) is 2.88. The third-order valence-corrected chi connectivity index (χ3v) is 2.87. The van der Waals surface area contributed by atoms with Gasteiger partial charge in [0.2, 0.25) is 5.82 Å². The van der Waals surface area contributed by atoms with Crippen LogP contribution >= 0.6 is 0 Å². The molecule has 0 aliphatic carbocycles. The van der Waals surface area contributed by atoms with Crippen molar-refractivity contribution in [2.24, 2.45) is 0 Å². The molecule has 0 aromatic carbocycles. The van der Waals surface area contributed by atoms with Crippen molar-refractivity contribution in [2.75, 3.05) is 11.9 Å². The maximum Gasteiger partial charge on any atom is 0.451 e. The summed E-state index contributed by atoms with van der Waals surface area (Å²) in [5.41, 5.74) is 0. The first-order chi connectivity index (χ1) is 9.17. The maximum absolute atomic E-state index is 12.5. The SMILES string of the molecule is C[C@H](Nc1ccnc(C(F)(F)F)n1)[C@H]1COC(C)(C)O1. The average Bonchev–Trinajstić information content (AvgIpc) is 2.69. The Hall–Kier alpha value is -1.41. The molecule has 0 unspecified atom stereocenters. The predicted molar refractivity (Wildman–Crippen MR) is 65.0 cm³/mol. The number of aromatic nitrogens is 2. The van der Waals surface area contributed by atoms with Crippen LogP contribution in [0.1, 0.15) is 26.6 Å². The standard InChI is InChI=1S/C12H16F3N3O2/c1-7(8-6-19-11(2,3)20-8)17-9-4-5-16-10(18-9)12(13,14)15/h4-5,7-8H,6H2,1-3H3,(H,16,17,18)/t7-,8+/m0/s1. The average molecular weight is 291 g/mol. The largest absolute Gasteiger partial charge is 0.451 e. The molecule has 0 bridgehead atoms. The van der Waals surface area contributed by atoms with Crippen molar-refractivity contribution in [2.45, 2.75) is 44.9 Å². The summed E-state index contributed by atoms with van der Waals surface area (Å²) in [6.07, 6.45) is -3.74. The molecule has 1 aromatic heterocycles. The molecule has 0 saturated carbocycles. The van der Waals surface area contributed by atoms with Gasteiger partial charge in [0.1, 0.15) is 11.9 Å². The van der Waals surface area contributed by atoms with Crippen LogP contribution in [-0.4, -0.2) is 34.5 Å². The van der Waals surface area contributed by atoms with Crippen LogP contribution in [0.15, 0.2) is 12.3 Å². The molecule has 2 heterocycles. The molecule has 1 N–H and O–H groups in total. The highest BCUT2D eigenvalue weighted by Gasteiger charge is 2.37. The van der Waals surface area contributed by atoms with Crippen LogP contribution in [-0.2, 0) is 15.7 Å². The van der Waals surface area contributed by atoms with Crippen molar-refractivity contribution in [3.8, 4) is 0 Å². The van der Waals surface area contributed by atoms with Crippen LogP contribution in [0.25, 0.3) is 0 Å². The topological polar surface area (TPSA) is 56.3 Å². The van der Waals surface area contributed by atoms with Crippen molar-refractivity contribution >= 4 is 5.82 Å². The van der Waals surface area contributed by atoms with E-state index < -0.39 is 17.8 Å². The molecule has 1 fully saturated rings. The van der Waals surface area contributed by atoms with Gasteiger partial charge in [-0.05, 0) is 26.8 Å². The lowest BCUT2D eigenvalue weighted by Gasteiger charge is -2.22. The zero-order valence-electron chi connectivity index (χ0n) is 11.4. The smallest absolute Gasteiger partial charge is 0.365 e. The second kappa shape index (κ2) is 5.17. The molecule has 0 radical (unpaired) electrons. The third-order valence-electron chi connectivity index (χ3n) is 2.87. The number of halogens is 3. The fourth-order valence-corrected chi connectivity index (χ4v) is 1.86. The quantitative estimate of drug-likeness (QED) is 0.927. The van der Waals surface area contributed by atoms with Crippen molar-refractivity contribution in [3.63, 3.8) is 0 Å². The van der Waals surface area contributed by atoms with E-state index in [0.29, 0.717) is 6.61 Å². The molecular weight excluding hydrogens is 275 g/mol. The fraction of sp³-hybridized carbons (Fsp3) is 0.667. The van der Waals surface area contributed by atoms with Crippen molar-refractivity contribution in [1.29, 1.82) is 0 Å². The predicted octanol–water partition coefficient (Wildman–Crippen LogP) is 2.45. The summed E-state index contributed by atoms with van der Waals surface area (Å²) in [5.74, 6) is -1.74. The van der Waals surface area contributed by atoms with E-state index in [2.05, 4.69) is 15.3 Å². The number of hydrogen-bond donors (Lipinski definition) is 1. The van der Waals surface area contributed by atoms with Crippen LogP contribution in [0.5, 0.6) is 0 Å². The van der Waals surface area contributed by atoms with Crippen molar-refractivity contribution in [1.82, 2.24) is 9.97 Å². The third kappa shape index (κ3) is 3.57. The summed E-state index contributed by atoms with van der Waals surface area (Å²) in [7, 11) is 0. The number of ether oxygens (including phenoxy) is 2. The fourth-order valence-electron chi connectivity index (χ4n) is 1.86. The maximum atomic E-state index is 12.5. The summed E-state index contributed by atoms with van der Waals surface area (Å²) in [6.45, 7) is 5.74. The van der Waals surface area contributed by atoms with Gasteiger partial charge in [0.15, 0.2) is 5.79 Å². The van der Waals surface area contributed by atoms with Gasteiger partial charge in [-0.15, -0.1) is 0 Å². The first-order valence-electron chi connectivity index (χ1n) is 6.16. The van der Waals surface area contributed by atoms with Gasteiger partial charge in [-0.1, -0.05) is 0 Å². The van der Waals surface area contributed by atoms with Crippen LogP contribution in [0.4, 0.5) is 19.0 Å². The Labute approximate surface area is 114 Å². The van der Waals surface area contributed by atoms with Gasteiger partial charge >= 0.3 is 6.18 Å². The molecule has 1 aliphatic heterocycles. The highest BCUT2D eigenvalue weighted by molar-refractivity contribution is 5.34. The van der Waals surface area contributed by atoms with Gasteiger partial charge in [-0.3, -0.25) is 0 Å². The first-order valence-corrected chi connectivity index (χ1v) is 6.16. The molecule has 5 nitrogen and oxygen atoms in total. The summed E-state index contributed by atoms with van der Waals surface area (Å²) in [6, 6.07) is 1.14. The normalized spacial score (nSPS) is 23.6.